The van der Waals surface area contributed by atoms with Crippen molar-refractivity contribution in [2.75, 3.05) is 37.7 Å². The van der Waals surface area contributed by atoms with E-state index in [9.17, 15) is 13.2 Å². The topological polar surface area (TPSA) is 75.7 Å². The molecule has 1 aliphatic carbocycles. The first-order chi connectivity index (χ1) is 9.98. The molecular weight excluding hydrogens is 292 g/mol. The fraction of sp³-hybridized carbons (Fsp3) is 0.929. The molecule has 0 aromatic rings. The number of hydrogen-bond donors (Lipinski definition) is 1. The lowest BCUT2D eigenvalue weighted by Crippen LogP contribution is -2.48. The van der Waals surface area contributed by atoms with Crippen molar-refractivity contribution >= 4 is 15.9 Å². The van der Waals surface area contributed by atoms with E-state index in [4.69, 9.17) is 4.74 Å². The summed E-state index contributed by atoms with van der Waals surface area (Å²) in [5, 5.41) is 2.80. The van der Waals surface area contributed by atoms with Crippen LogP contribution in [0.5, 0.6) is 0 Å². The number of amides is 2. The maximum absolute atomic E-state index is 11.9. The summed E-state index contributed by atoms with van der Waals surface area (Å²) in [4.78, 5) is 13.4. The van der Waals surface area contributed by atoms with Crippen LogP contribution in [0.15, 0.2) is 0 Å². The fourth-order valence-electron chi connectivity index (χ4n) is 2.93. The number of carbonyl (C=O) groups is 1. The van der Waals surface area contributed by atoms with Gasteiger partial charge in [-0.15, -0.1) is 0 Å². The Morgan fingerprint density at radius 3 is 2.57 bits per heavy atom. The van der Waals surface area contributed by atoms with Gasteiger partial charge in [0, 0.05) is 19.6 Å². The van der Waals surface area contributed by atoms with E-state index in [0.29, 0.717) is 25.2 Å². The minimum atomic E-state index is -2.94. The van der Waals surface area contributed by atoms with Crippen LogP contribution in [0, 0.1) is 5.92 Å². The highest BCUT2D eigenvalue weighted by atomic mass is 32.2. The molecule has 0 aromatic carbocycles. The van der Waals surface area contributed by atoms with Crippen molar-refractivity contribution in [2.45, 2.75) is 38.7 Å². The van der Waals surface area contributed by atoms with E-state index in [2.05, 4.69) is 12.2 Å². The van der Waals surface area contributed by atoms with Crippen molar-refractivity contribution in [3.05, 3.63) is 0 Å². The molecule has 1 heterocycles. The molecule has 0 radical (unpaired) electrons. The van der Waals surface area contributed by atoms with Gasteiger partial charge < -0.3 is 15.0 Å². The molecule has 1 N–H and O–H groups in total. The van der Waals surface area contributed by atoms with Gasteiger partial charge in [0.2, 0.25) is 0 Å². The number of nitrogens with one attached hydrogen (secondary N) is 1. The minimum Gasteiger partial charge on any atom is -0.376 e. The Hall–Kier alpha value is -0.820. The van der Waals surface area contributed by atoms with Crippen molar-refractivity contribution in [1.82, 2.24) is 10.2 Å². The average Bonchev–Trinajstić information content (AvgIpc) is 2.45. The summed E-state index contributed by atoms with van der Waals surface area (Å²) in [6.45, 7) is 3.79. The monoisotopic (exact) mass is 318 g/mol. The molecule has 0 spiro atoms. The second-order valence-corrected chi connectivity index (χ2v) is 8.35. The quantitative estimate of drug-likeness (QED) is 0.785. The third-order valence-electron chi connectivity index (χ3n) is 4.37. The summed E-state index contributed by atoms with van der Waals surface area (Å²) < 4.78 is 28.4. The Morgan fingerprint density at radius 2 is 1.90 bits per heavy atom. The van der Waals surface area contributed by atoms with Crippen LogP contribution in [0.4, 0.5) is 4.79 Å². The van der Waals surface area contributed by atoms with Gasteiger partial charge in [0.05, 0.1) is 24.2 Å². The molecule has 1 aliphatic heterocycles. The van der Waals surface area contributed by atoms with Gasteiger partial charge in [-0.2, -0.15) is 0 Å². The zero-order valence-corrected chi connectivity index (χ0v) is 13.5. The molecule has 0 bridgehead atoms. The van der Waals surface area contributed by atoms with Gasteiger partial charge in [-0.05, 0) is 18.8 Å². The number of carbonyl (C=O) groups excluding carboxylic acids is 1. The molecule has 2 amide bonds. The minimum absolute atomic E-state index is 0.0660. The molecule has 2 atom stereocenters. The molecule has 21 heavy (non-hydrogen) atoms. The van der Waals surface area contributed by atoms with Crippen molar-refractivity contribution in [2.24, 2.45) is 5.92 Å². The summed E-state index contributed by atoms with van der Waals surface area (Å²) in [6, 6.07) is -0.190. The molecule has 2 fully saturated rings. The first-order valence-electron chi connectivity index (χ1n) is 7.83. The van der Waals surface area contributed by atoms with E-state index in [1.165, 1.54) is 19.3 Å². The molecule has 0 aromatic heterocycles. The number of urea groups is 1. The van der Waals surface area contributed by atoms with Crippen molar-refractivity contribution in [3.63, 3.8) is 0 Å². The van der Waals surface area contributed by atoms with E-state index in [-0.39, 0.29) is 30.6 Å². The van der Waals surface area contributed by atoms with Crippen LogP contribution >= 0.6 is 0 Å². The summed E-state index contributed by atoms with van der Waals surface area (Å²) in [5.74, 6) is 0.731. The van der Waals surface area contributed by atoms with Gasteiger partial charge in [0.1, 0.15) is 0 Å². The van der Waals surface area contributed by atoms with Crippen molar-refractivity contribution < 1.29 is 17.9 Å². The normalized spacial score (nSPS) is 29.1. The molecule has 0 unspecified atom stereocenters. The molecule has 6 nitrogen and oxygen atoms in total. The lowest BCUT2D eigenvalue weighted by molar-refractivity contribution is -0.00269. The molecular formula is C14H26N2O4S. The lowest BCUT2D eigenvalue weighted by atomic mass is 9.88. The largest absolute Gasteiger partial charge is 0.376 e. The van der Waals surface area contributed by atoms with Crippen LogP contribution < -0.4 is 5.32 Å². The molecule has 1 saturated heterocycles. The van der Waals surface area contributed by atoms with Crippen molar-refractivity contribution in [3.8, 4) is 0 Å². The highest BCUT2D eigenvalue weighted by Gasteiger charge is 2.25. The summed E-state index contributed by atoms with van der Waals surface area (Å²) in [5.41, 5.74) is 0. The SMILES string of the molecule is C[C@@H]1CCCC[C@@H]1OCCNC(=O)N1CCS(=O)(=O)CC1. The van der Waals surface area contributed by atoms with E-state index < -0.39 is 9.84 Å². The molecule has 2 aliphatic rings. The van der Waals surface area contributed by atoms with E-state index in [1.807, 2.05) is 0 Å². The Morgan fingerprint density at radius 1 is 1.24 bits per heavy atom. The number of rotatable bonds is 4. The Labute approximate surface area is 127 Å². The van der Waals surface area contributed by atoms with Gasteiger partial charge in [0.25, 0.3) is 0 Å². The van der Waals surface area contributed by atoms with Crippen LogP contribution in [0.25, 0.3) is 0 Å². The molecule has 1 saturated carbocycles. The third-order valence-corrected chi connectivity index (χ3v) is 5.98. The molecule has 7 heteroatoms. The summed E-state index contributed by atoms with van der Waals surface area (Å²) in [6.07, 6.45) is 5.16. The summed E-state index contributed by atoms with van der Waals surface area (Å²) >= 11 is 0. The predicted octanol–water partition coefficient (Wildman–Crippen LogP) is 1.02. The average molecular weight is 318 g/mol. The molecule has 2 rings (SSSR count). The van der Waals surface area contributed by atoms with Crippen LogP contribution in [0.3, 0.4) is 0 Å². The fourth-order valence-corrected chi connectivity index (χ4v) is 4.13. The van der Waals surface area contributed by atoms with Crippen molar-refractivity contribution in [1.29, 1.82) is 0 Å². The first-order valence-corrected chi connectivity index (χ1v) is 9.65. The second-order valence-electron chi connectivity index (χ2n) is 6.04. The van der Waals surface area contributed by atoms with Gasteiger partial charge in [-0.3, -0.25) is 0 Å². The zero-order valence-electron chi connectivity index (χ0n) is 12.7. The van der Waals surface area contributed by atoms with Crippen LogP contribution in [-0.4, -0.2) is 63.2 Å². The van der Waals surface area contributed by atoms with E-state index in [0.717, 1.165) is 6.42 Å². The number of ether oxygens (including phenoxy) is 1. The first kappa shape index (κ1) is 16.5. The van der Waals surface area contributed by atoms with Crippen LogP contribution in [0.1, 0.15) is 32.6 Å². The Kier molecular flexibility index (Phi) is 5.87. The summed E-state index contributed by atoms with van der Waals surface area (Å²) in [7, 11) is -2.94. The third kappa shape index (κ3) is 5.14. The Bertz CT molecular complexity index is 438. The predicted molar refractivity (Wildman–Crippen MR) is 81.0 cm³/mol. The smallest absolute Gasteiger partial charge is 0.317 e. The molecule has 122 valence electrons. The maximum Gasteiger partial charge on any atom is 0.317 e. The Balaban J connectivity index is 1.61. The standard InChI is InChI=1S/C14H26N2O4S/c1-12-4-2-3-5-13(12)20-9-6-15-14(17)16-7-10-21(18,19)11-8-16/h12-13H,2-11H2,1H3,(H,15,17)/t12-,13+/m1/s1. The van der Waals surface area contributed by atoms with E-state index >= 15 is 0 Å². The lowest BCUT2D eigenvalue weighted by Gasteiger charge is -2.29. The maximum atomic E-state index is 11.9. The van der Waals surface area contributed by atoms with Gasteiger partial charge in [-0.1, -0.05) is 19.8 Å². The highest BCUT2D eigenvalue weighted by Crippen LogP contribution is 2.25. The van der Waals surface area contributed by atoms with Crippen LogP contribution in [-0.2, 0) is 14.6 Å². The second kappa shape index (κ2) is 7.45. The number of hydrogen-bond acceptors (Lipinski definition) is 4. The zero-order chi connectivity index (χ0) is 15.3. The van der Waals surface area contributed by atoms with E-state index in [1.54, 1.807) is 4.90 Å². The van der Waals surface area contributed by atoms with Gasteiger partial charge in [-0.25, -0.2) is 13.2 Å². The van der Waals surface area contributed by atoms with Gasteiger partial charge >= 0.3 is 6.03 Å². The van der Waals surface area contributed by atoms with Gasteiger partial charge in [0.15, 0.2) is 9.84 Å². The highest BCUT2D eigenvalue weighted by molar-refractivity contribution is 7.91. The number of sulfone groups is 1. The van der Waals surface area contributed by atoms with Crippen LogP contribution in [0.2, 0.25) is 0 Å². The number of nitrogens with zero attached hydrogens (tertiary/aromatic N) is 1.